The standard InChI is InChI=1S/C13H21N3O/c1-14-11-5-6-15-12(8-11)9-16(2)10-13-4-3-7-17-13/h5-6,8,13H,3-4,7,9-10H2,1-2H3,(H,14,15). The number of pyridine rings is 1. The van der Waals surface area contributed by atoms with Crippen molar-refractivity contribution in [3.8, 4) is 0 Å². The fraction of sp³-hybridized carbons (Fsp3) is 0.615. The number of anilines is 1. The number of hydrogen-bond donors (Lipinski definition) is 1. The number of rotatable bonds is 5. The zero-order valence-electron chi connectivity index (χ0n) is 10.6. The minimum absolute atomic E-state index is 0.410. The Bertz CT molecular complexity index is 350. The Labute approximate surface area is 103 Å². The van der Waals surface area contributed by atoms with Crippen LogP contribution in [0.15, 0.2) is 18.3 Å². The first kappa shape index (κ1) is 12.3. The fourth-order valence-corrected chi connectivity index (χ4v) is 2.20. The smallest absolute Gasteiger partial charge is 0.0702 e. The van der Waals surface area contributed by atoms with E-state index in [4.69, 9.17) is 4.74 Å². The van der Waals surface area contributed by atoms with Gasteiger partial charge in [-0.3, -0.25) is 9.88 Å². The Morgan fingerprint density at radius 2 is 2.47 bits per heavy atom. The maximum Gasteiger partial charge on any atom is 0.0702 e. The van der Waals surface area contributed by atoms with E-state index in [9.17, 15) is 0 Å². The topological polar surface area (TPSA) is 37.4 Å². The molecule has 0 bridgehead atoms. The molecule has 1 fully saturated rings. The van der Waals surface area contributed by atoms with Crippen molar-refractivity contribution in [3.63, 3.8) is 0 Å². The predicted octanol–water partition coefficient (Wildman–Crippen LogP) is 1.73. The molecule has 0 saturated carbocycles. The largest absolute Gasteiger partial charge is 0.388 e. The number of likely N-dealkylation sites (N-methyl/N-ethyl adjacent to an activating group) is 1. The van der Waals surface area contributed by atoms with E-state index in [0.717, 1.165) is 31.1 Å². The van der Waals surface area contributed by atoms with Gasteiger partial charge in [0.1, 0.15) is 0 Å². The van der Waals surface area contributed by atoms with Gasteiger partial charge in [0.05, 0.1) is 11.8 Å². The molecular weight excluding hydrogens is 214 g/mol. The minimum Gasteiger partial charge on any atom is -0.388 e. The highest BCUT2D eigenvalue weighted by Crippen LogP contribution is 2.14. The van der Waals surface area contributed by atoms with Crippen molar-refractivity contribution in [3.05, 3.63) is 24.0 Å². The summed E-state index contributed by atoms with van der Waals surface area (Å²) in [6.45, 7) is 2.78. The molecule has 1 saturated heterocycles. The lowest BCUT2D eigenvalue weighted by Crippen LogP contribution is -2.28. The second-order valence-corrected chi connectivity index (χ2v) is 4.62. The Hall–Kier alpha value is -1.13. The molecule has 1 N–H and O–H groups in total. The summed E-state index contributed by atoms with van der Waals surface area (Å²) in [5, 5.41) is 3.13. The molecule has 1 aromatic rings. The van der Waals surface area contributed by atoms with E-state index in [2.05, 4.69) is 28.3 Å². The van der Waals surface area contributed by atoms with Gasteiger partial charge in [-0.05, 0) is 32.0 Å². The number of aromatic nitrogens is 1. The Balaban J connectivity index is 1.85. The minimum atomic E-state index is 0.410. The summed E-state index contributed by atoms with van der Waals surface area (Å²) in [6.07, 6.45) is 4.65. The van der Waals surface area contributed by atoms with Crippen LogP contribution in [0.2, 0.25) is 0 Å². The van der Waals surface area contributed by atoms with E-state index in [1.165, 1.54) is 12.8 Å². The van der Waals surface area contributed by atoms with Crippen molar-refractivity contribution in [1.82, 2.24) is 9.88 Å². The van der Waals surface area contributed by atoms with Crippen LogP contribution in [-0.2, 0) is 11.3 Å². The Morgan fingerprint density at radius 1 is 1.59 bits per heavy atom. The Kier molecular flexibility index (Phi) is 4.34. The van der Waals surface area contributed by atoms with E-state index >= 15 is 0 Å². The molecule has 4 heteroatoms. The average Bonchev–Trinajstić information content (AvgIpc) is 2.82. The molecule has 2 heterocycles. The van der Waals surface area contributed by atoms with Crippen LogP contribution in [0.3, 0.4) is 0 Å². The summed E-state index contributed by atoms with van der Waals surface area (Å²) in [6, 6.07) is 4.07. The third-order valence-electron chi connectivity index (χ3n) is 3.08. The SMILES string of the molecule is CNc1ccnc(CN(C)CC2CCCO2)c1. The van der Waals surface area contributed by atoms with Crippen molar-refractivity contribution in [2.45, 2.75) is 25.5 Å². The van der Waals surface area contributed by atoms with Crippen molar-refractivity contribution < 1.29 is 4.74 Å². The van der Waals surface area contributed by atoms with Crippen LogP contribution in [0, 0.1) is 0 Å². The number of ether oxygens (including phenoxy) is 1. The van der Waals surface area contributed by atoms with Crippen LogP contribution >= 0.6 is 0 Å². The van der Waals surface area contributed by atoms with Gasteiger partial charge in [0.2, 0.25) is 0 Å². The van der Waals surface area contributed by atoms with E-state index in [1.54, 1.807) is 0 Å². The van der Waals surface area contributed by atoms with Crippen LogP contribution in [0.4, 0.5) is 5.69 Å². The van der Waals surface area contributed by atoms with Gasteiger partial charge in [-0.25, -0.2) is 0 Å². The molecule has 0 radical (unpaired) electrons. The number of nitrogens with one attached hydrogen (secondary N) is 1. The molecule has 17 heavy (non-hydrogen) atoms. The van der Waals surface area contributed by atoms with Crippen LogP contribution in [0.5, 0.6) is 0 Å². The van der Waals surface area contributed by atoms with Gasteiger partial charge in [0, 0.05) is 38.6 Å². The zero-order valence-corrected chi connectivity index (χ0v) is 10.6. The molecular formula is C13H21N3O. The molecule has 1 atom stereocenters. The van der Waals surface area contributed by atoms with Gasteiger partial charge in [0.25, 0.3) is 0 Å². The summed E-state index contributed by atoms with van der Waals surface area (Å²) in [5.41, 5.74) is 2.21. The highest BCUT2D eigenvalue weighted by Gasteiger charge is 2.17. The van der Waals surface area contributed by atoms with Gasteiger partial charge in [0.15, 0.2) is 0 Å². The lowest BCUT2D eigenvalue weighted by molar-refractivity contribution is 0.0790. The fourth-order valence-electron chi connectivity index (χ4n) is 2.20. The molecule has 0 aliphatic carbocycles. The first-order valence-electron chi connectivity index (χ1n) is 6.21. The van der Waals surface area contributed by atoms with Crippen molar-refractivity contribution in [2.75, 3.05) is 32.6 Å². The molecule has 1 aliphatic heterocycles. The average molecular weight is 235 g/mol. The number of nitrogens with zero attached hydrogens (tertiary/aromatic N) is 2. The summed E-state index contributed by atoms with van der Waals surface area (Å²) in [7, 11) is 4.05. The van der Waals surface area contributed by atoms with Gasteiger partial charge < -0.3 is 10.1 Å². The third kappa shape index (κ3) is 3.68. The van der Waals surface area contributed by atoms with E-state index in [-0.39, 0.29) is 0 Å². The first-order chi connectivity index (χ1) is 8.28. The summed E-state index contributed by atoms with van der Waals surface area (Å²) >= 11 is 0. The normalized spacial score (nSPS) is 19.8. The van der Waals surface area contributed by atoms with Crippen LogP contribution in [-0.4, -0.2) is 43.2 Å². The summed E-state index contributed by atoms with van der Waals surface area (Å²) < 4.78 is 5.63. The molecule has 4 nitrogen and oxygen atoms in total. The van der Waals surface area contributed by atoms with Crippen LogP contribution in [0.1, 0.15) is 18.5 Å². The van der Waals surface area contributed by atoms with E-state index < -0.39 is 0 Å². The van der Waals surface area contributed by atoms with E-state index in [0.29, 0.717) is 6.10 Å². The molecule has 2 rings (SSSR count). The highest BCUT2D eigenvalue weighted by molar-refractivity contribution is 5.42. The lowest BCUT2D eigenvalue weighted by atomic mass is 10.2. The quantitative estimate of drug-likeness (QED) is 0.843. The maximum atomic E-state index is 5.63. The molecule has 1 unspecified atom stereocenters. The predicted molar refractivity (Wildman–Crippen MR) is 69.1 cm³/mol. The summed E-state index contributed by atoms with van der Waals surface area (Å²) in [5.74, 6) is 0. The monoisotopic (exact) mass is 235 g/mol. The van der Waals surface area contributed by atoms with Crippen molar-refractivity contribution in [2.24, 2.45) is 0 Å². The molecule has 0 spiro atoms. The maximum absolute atomic E-state index is 5.63. The molecule has 0 aromatic carbocycles. The van der Waals surface area contributed by atoms with E-state index in [1.807, 2.05) is 19.3 Å². The highest BCUT2D eigenvalue weighted by atomic mass is 16.5. The molecule has 94 valence electrons. The van der Waals surface area contributed by atoms with Gasteiger partial charge >= 0.3 is 0 Å². The van der Waals surface area contributed by atoms with Gasteiger partial charge in [-0.1, -0.05) is 0 Å². The molecule has 0 amide bonds. The van der Waals surface area contributed by atoms with Crippen molar-refractivity contribution >= 4 is 5.69 Å². The molecule has 1 aromatic heterocycles. The lowest BCUT2D eigenvalue weighted by Gasteiger charge is -2.20. The first-order valence-corrected chi connectivity index (χ1v) is 6.21. The van der Waals surface area contributed by atoms with Gasteiger partial charge in [-0.2, -0.15) is 0 Å². The Morgan fingerprint density at radius 3 is 3.18 bits per heavy atom. The molecule has 1 aliphatic rings. The van der Waals surface area contributed by atoms with Crippen LogP contribution < -0.4 is 5.32 Å². The third-order valence-corrected chi connectivity index (χ3v) is 3.08. The van der Waals surface area contributed by atoms with Crippen molar-refractivity contribution in [1.29, 1.82) is 0 Å². The zero-order chi connectivity index (χ0) is 12.1. The van der Waals surface area contributed by atoms with Crippen LogP contribution in [0.25, 0.3) is 0 Å². The second kappa shape index (κ2) is 5.98. The number of hydrogen-bond acceptors (Lipinski definition) is 4. The summed E-state index contributed by atoms with van der Waals surface area (Å²) in [4.78, 5) is 6.65. The van der Waals surface area contributed by atoms with Gasteiger partial charge in [-0.15, -0.1) is 0 Å². The second-order valence-electron chi connectivity index (χ2n) is 4.62.